The molecular formula is C13H28N2O2. The van der Waals surface area contributed by atoms with E-state index < -0.39 is 0 Å². The zero-order valence-electron chi connectivity index (χ0n) is 11.7. The third kappa shape index (κ3) is 7.34. The van der Waals surface area contributed by atoms with Crippen molar-refractivity contribution in [2.24, 2.45) is 5.73 Å². The van der Waals surface area contributed by atoms with Crippen molar-refractivity contribution in [3.63, 3.8) is 0 Å². The molecule has 0 aromatic carbocycles. The second kappa shape index (κ2) is 9.42. The topological polar surface area (TPSA) is 55.6 Å². The van der Waals surface area contributed by atoms with Crippen molar-refractivity contribution >= 4 is 5.91 Å². The Morgan fingerprint density at radius 3 is 2.53 bits per heavy atom. The number of carbonyl (C=O) groups is 1. The van der Waals surface area contributed by atoms with E-state index in [1.807, 2.05) is 11.8 Å². The Kier molecular flexibility index (Phi) is 9.09. The van der Waals surface area contributed by atoms with E-state index in [0.29, 0.717) is 19.6 Å². The Labute approximate surface area is 105 Å². The third-order valence-corrected chi connectivity index (χ3v) is 3.03. The molecule has 0 bridgehead atoms. The predicted octanol–water partition coefficient (Wildman–Crippen LogP) is 1.78. The quantitative estimate of drug-likeness (QED) is 0.672. The van der Waals surface area contributed by atoms with Gasteiger partial charge < -0.3 is 15.4 Å². The molecule has 0 fully saturated rings. The minimum absolute atomic E-state index is 0.179. The Morgan fingerprint density at radius 2 is 2.06 bits per heavy atom. The van der Waals surface area contributed by atoms with Gasteiger partial charge in [0, 0.05) is 32.2 Å². The third-order valence-electron chi connectivity index (χ3n) is 3.03. The van der Waals surface area contributed by atoms with Gasteiger partial charge in [-0.25, -0.2) is 0 Å². The maximum Gasteiger partial charge on any atom is 0.222 e. The standard InChI is InChI=1S/C13H28N2O2/c1-5-12(3)15(9-10-17-4)13(16)8-6-7-11(2)14/h11-12H,5-10,14H2,1-4H3. The van der Waals surface area contributed by atoms with E-state index in [1.54, 1.807) is 7.11 Å². The summed E-state index contributed by atoms with van der Waals surface area (Å²) in [6.45, 7) is 7.44. The van der Waals surface area contributed by atoms with E-state index in [-0.39, 0.29) is 18.0 Å². The molecule has 4 heteroatoms. The molecule has 0 heterocycles. The van der Waals surface area contributed by atoms with E-state index in [4.69, 9.17) is 10.5 Å². The molecule has 4 nitrogen and oxygen atoms in total. The maximum absolute atomic E-state index is 12.1. The first kappa shape index (κ1) is 16.4. The van der Waals surface area contributed by atoms with Crippen LogP contribution in [0.2, 0.25) is 0 Å². The van der Waals surface area contributed by atoms with Crippen molar-refractivity contribution in [1.29, 1.82) is 0 Å². The molecule has 0 aliphatic carbocycles. The van der Waals surface area contributed by atoms with Crippen molar-refractivity contribution < 1.29 is 9.53 Å². The molecule has 2 atom stereocenters. The van der Waals surface area contributed by atoms with Gasteiger partial charge in [0.25, 0.3) is 0 Å². The summed E-state index contributed by atoms with van der Waals surface area (Å²) in [6, 6.07) is 0.465. The van der Waals surface area contributed by atoms with Gasteiger partial charge in [0.15, 0.2) is 0 Å². The van der Waals surface area contributed by atoms with Gasteiger partial charge >= 0.3 is 0 Å². The highest BCUT2D eigenvalue weighted by Crippen LogP contribution is 2.09. The average molecular weight is 244 g/mol. The van der Waals surface area contributed by atoms with E-state index in [2.05, 4.69) is 13.8 Å². The number of hydrogen-bond acceptors (Lipinski definition) is 3. The molecule has 17 heavy (non-hydrogen) atoms. The van der Waals surface area contributed by atoms with Gasteiger partial charge in [0.2, 0.25) is 5.91 Å². The van der Waals surface area contributed by atoms with Crippen LogP contribution in [-0.4, -0.2) is 43.2 Å². The minimum atomic E-state index is 0.179. The van der Waals surface area contributed by atoms with Crippen LogP contribution in [0.4, 0.5) is 0 Å². The van der Waals surface area contributed by atoms with Crippen LogP contribution in [0.3, 0.4) is 0 Å². The highest BCUT2D eigenvalue weighted by atomic mass is 16.5. The summed E-state index contributed by atoms with van der Waals surface area (Å²) in [5, 5.41) is 0. The molecule has 0 spiro atoms. The van der Waals surface area contributed by atoms with Gasteiger partial charge in [-0.3, -0.25) is 4.79 Å². The van der Waals surface area contributed by atoms with Gasteiger partial charge in [-0.05, 0) is 33.1 Å². The van der Waals surface area contributed by atoms with Crippen molar-refractivity contribution in [3.8, 4) is 0 Å². The van der Waals surface area contributed by atoms with Gasteiger partial charge in [0.1, 0.15) is 0 Å². The highest BCUT2D eigenvalue weighted by Gasteiger charge is 2.17. The molecule has 0 aliphatic rings. The summed E-state index contributed by atoms with van der Waals surface area (Å²) in [5.74, 6) is 0.219. The highest BCUT2D eigenvalue weighted by molar-refractivity contribution is 5.76. The summed E-state index contributed by atoms with van der Waals surface area (Å²) in [4.78, 5) is 14.0. The molecule has 0 radical (unpaired) electrons. The van der Waals surface area contributed by atoms with Gasteiger partial charge in [0.05, 0.1) is 6.61 Å². The van der Waals surface area contributed by atoms with Crippen LogP contribution in [0, 0.1) is 0 Å². The Balaban J connectivity index is 4.12. The smallest absolute Gasteiger partial charge is 0.222 e. The normalized spacial score (nSPS) is 14.4. The van der Waals surface area contributed by atoms with E-state index >= 15 is 0 Å². The minimum Gasteiger partial charge on any atom is -0.383 e. The van der Waals surface area contributed by atoms with E-state index in [9.17, 15) is 4.79 Å². The molecule has 0 saturated heterocycles. The number of rotatable bonds is 9. The summed E-state index contributed by atoms with van der Waals surface area (Å²) in [6.07, 6.45) is 3.35. The number of nitrogens with zero attached hydrogens (tertiary/aromatic N) is 1. The molecule has 102 valence electrons. The second-order valence-electron chi connectivity index (χ2n) is 4.71. The summed E-state index contributed by atoms with van der Waals surface area (Å²) in [7, 11) is 1.66. The lowest BCUT2D eigenvalue weighted by atomic mass is 10.1. The molecular weight excluding hydrogens is 216 g/mol. The lowest BCUT2D eigenvalue weighted by Gasteiger charge is -2.28. The van der Waals surface area contributed by atoms with Crippen molar-refractivity contribution in [3.05, 3.63) is 0 Å². The predicted molar refractivity (Wildman–Crippen MR) is 70.8 cm³/mol. The maximum atomic E-state index is 12.1. The van der Waals surface area contributed by atoms with Gasteiger partial charge in [-0.2, -0.15) is 0 Å². The number of methoxy groups -OCH3 is 1. The Hall–Kier alpha value is -0.610. The first-order valence-corrected chi connectivity index (χ1v) is 6.56. The lowest BCUT2D eigenvalue weighted by molar-refractivity contribution is -0.134. The van der Waals surface area contributed by atoms with E-state index in [0.717, 1.165) is 19.3 Å². The molecule has 0 aromatic heterocycles. The lowest BCUT2D eigenvalue weighted by Crippen LogP contribution is -2.40. The molecule has 1 amide bonds. The van der Waals surface area contributed by atoms with Crippen LogP contribution in [0.25, 0.3) is 0 Å². The first-order valence-electron chi connectivity index (χ1n) is 6.56. The second-order valence-corrected chi connectivity index (χ2v) is 4.71. The number of carbonyl (C=O) groups excluding carboxylic acids is 1. The fourth-order valence-electron chi connectivity index (χ4n) is 1.72. The summed E-state index contributed by atoms with van der Waals surface area (Å²) in [5.41, 5.74) is 5.68. The molecule has 0 aliphatic heterocycles. The first-order chi connectivity index (χ1) is 8.02. The number of ether oxygens (including phenoxy) is 1. The zero-order chi connectivity index (χ0) is 13.3. The van der Waals surface area contributed by atoms with Crippen LogP contribution >= 0.6 is 0 Å². The number of hydrogen-bond donors (Lipinski definition) is 1. The van der Waals surface area contributed by atoms with Crippen LogP contribution < -0.4 is 5.73 Å². The Bertz CT molecular complexity index is 208. The summed E-state index contributed by atoms with van der Waals surface area (Å²) < 4.78 is 5.05. The largest absolute Gasteiger partial charge is 0.383 e. The number of nitrogens with two attached hydrogens (primary N) is 1. The van der Waals surface area contributed by atoms with Crippen molar-refractivity contribution in [1.82, 2.24) is 4.90 Å². The molecule has 0 saturated carbocycles. The SMILES string of the molecule is CCC(C)N(CCOC)C(=O)CCCC(C)N. The fourth-order valence-corrected chi connectivity index (χ4v) is 1.72. The fraction of sp³-hybridized carbons (Fsp3) is 0.923. The summed E-state index contributed by atoms with van der Waals surface area (Å²) >= 11 is 0. The molecule has 2 unspecified atom stereocenters. The zero-order valence-corrected chi connectivity index (χ0v) is 11.7. The van der Waals surface area contributed by atoms with E-state index in [1.165, 1.54) is 0 Å². The van der Waals surface area contributed by atoms with Crippen LogP contribution in [0.5, 0.6) is 0 Å². The van der Waals surface area contributed by atoms with Gasteiger partial charge in [-0.15, -0.1) is 0 Å². The van der Waals surface area contributed by atoms with Crippen LogP contribution in [0.1, 0.15) is 46.5 Å². The molecule has 0 aromatic rings. The van der Waals surface area contributed by atoms with Crippen molar-refractivity contribution in [2.45, 2.75) is 58.5 Å². The monoisotopic (exact) mass is 244 g/mol. The molecule has 2 N–H and O–H groups in total. The Morgan fingerprint density at radius 1 is 1.41 bits per heavy atom. The average Bonchev–Trinajstić information content (AvgIpc) is 2.28. The van der Waals surface area contributed by atoms with Crippen LogP contribution in [0.15, 0.2) is 0 Å². The van der Waals surface area contributed by atoms with Crippen LogP contribution in [-0.2, 0) is 9.53 Å². The van der Waals surface area contributed by atoms with Gasteiger partial charge in [-0.1, -0.05) is 6.92 Å². The molecule has 0 rings (SSSR count). The van der Waals surface area contributed by atoms with Crippen molar-refractivity contribution in [2.75, 3.05) is 20.3 Å². The number of amides is 1.